The van der Waals surface area contributed by atoms with Crippen LogP contribution in [0.15, 0.2) is 29.2 Å². The van der Waals surface area contributed by atoms with Crippen LogP contribution in [0.1, 0.15) is 40.2 Å². The Morgan fingerprint density at radius 3 is 2.35 bits per heavy atom. The second-order valence-electron chi connectivity index (χ2n) is 6.99. The molecule has 0 atom stereocenters. The van der Waals surface area contributed by atoms with Crippen molar-refractivity contribution in [2.75, 3.05) is 12.8 Å². The molecule has 1 aromatic rings. The molecule has 0 aliphatic rings. The van der Waals surface area contributed by atoms with Crippen LogP contribution >= 0.6 is 21.6 Å². The van der Waals surface area contributed by atoms with Gasteiger partial charge in [-0.05, 0) is 11.6 Å². The lowest BCUT2D eigenvalue weighted by Crippen LogP contribution is -2.36. The molecule has 0 heterocycles. The monoisotopic (exact) mass is 353 g/mol. The summed E-state index contributed by atoms with van der Waals surface area (Å²) in [6.07, 6.45) is 0. The third-order valence-corrected chi connectivity index (χ3v) is 5.71. The van der Waals surface area contributed by atoms with E-state index in [1.807, 2.05) is 65.9 Å². The van der Waals surface area contributed by atoms with Gasteiger partial charge in [-0.15, -0.1) is 0 Å². The normalized spacial score (nSPS) is 11.6. The van der Waals surface area contributed by atoms with E-state index in [9.17, 15) is 9.59 Å². The summed E-state index contributed by atoms with van der Waals surface area (Å²) < 4.78 is 0. The van der Waals surface area contributed by atoms with E-state index >= 15 is 0 Å². The fourth-order valence-corrected chi connectivity index (χ4v) is 4.34. The zero-order chi connectivity index (χ0) is 17.6. The lowest BCUT2D eigenvalue weighted by atomic mass is 9.95. The first-order chi connectivity index (χ1) is 10.6. The number of carbonyl (C=O) groups is 2. The van der Waals surface area contributed by atoms with Crippen LogP contribution < -0.4 is 0 Å². The van der Waals surface area contributed by atoms with Crippen LogP contribution in [0.25, 0.3) is 0 Å². The van der Waals surface area contributed by atoms with Crippen molar-refractivity contribution in [1.29, 1.82) is 0 Å². The van der Waals surface area contributed by atoms with Gasteiger partial charge in [0.2, 0.25) is 5.91 Å². The number of nitrogens with zero attached hydrogens (tertiary/aromatic N) is 1. The molecule has 0 aromatic heterocycles. The van der Waals surface area contributed by atoms with Crippen LogP contribution in [0.2, 0.25) is 0 Å². The minimum Gasteiger partial charge on any atom is -0.341 e. The SMILES string of the molecule is CC(C)C(=O)CSSc1ccccc1CN(C)C(=O)C(C)(C)C. The van der Waals surface area contributed by atoms with E-state index in [1.54, 1.807) is 26.5 Å². The zero-order valence-corrected chi connectivity index (χ0v) is 16.5. The number of Topliss-reactive ketones (excluding diaryl/α,β-unsaturated/α-hetero) is 1. The summed E-state index contributed by atoms with van der Waals surface area (Å²) in [4.78, 5) is 26.9. The van der Waals surface area contributed by atoms with Crippen molar-refractivity contribution in [2.24, 2.45) is 11.3 Å². The van der Waals surface area contributed by atoms with Gasteiger partial charge < -0.3 is 4.90 Å². The first-order valence-electron chi connectivity index (χ1n) is 7.78. The molecule has 0 aliphatic heterocycles. The average molecular weight is 354 g/mol. The maximum atomic E-state index is 12.3. The van der Waals surface area contributed by atoms with E-state index in [1.165, 1.54) is 0 Å². The van der Waals surface area contributed by atoms with E-state index in [0.29, 0.717) is 12.3 Å². The molecular formula is C18H27NO2S2. The standard InChI is InChI=1S/C18H27NO2S2/c1-13(2)15(20)12-22-23-16-10-8-7-9-14(16)11-19(6)17(21)18(3,4)5/h7-10,13H,11-12H2,1-6H3. The Labute approximate surface area is 148 Å². The second-order valence-corrected chi connectivity index (χ2v) is 9.32. The molecule has 1 amide bonds. The van der Waals surface area contributed by atoms with Gasteiger partial charge in [-0.2, -0.15) is 0 Å². The fourth-order valence-electron chi connectivity index (χ4n) is 1.93. The lowest BCUT2D eigenvalue weighted by Gasteiger charge is -2.26. The molecule has 3 nitrogen and oxygen atoms in total. The van der Waals surface area contributed by atoms with Crippen LogP contribution in [-0.2, 0) is 16.1 Å². The van der Waals surface area contributed by atoms with Crippen LogP contribution in [0.4, 0.5) is 0 Å². The molecule has 0 unspecified atom stereocenters. The van der Waals surface area contributed by atoms with Crippen molar-refractivity contribution in [1.82, 2.24) is 4.90 Å². The minimum atomic E-state index is -0.380. The first-order valence-corrected chi connectivity index (χ1v) is 10.1. The highest BCUT2D eigenvalue weighted by molar-refractivity contribution is 8.76. The quantitative estimate of drug-likeness (QED) is 0.668. The zero-order valence-electron chi connectivity index (χ0n) is 14.9. The van der Waals surface area contributed by atoms with E-state index in [2.05, 4.69) is 0 Å². The smallest absolute Gasteiger partial charge is 0.227 e. The van der Waals surface area contributed by atoms with Crippen LogP contribution in [-0.4, -0.2) is 29.4 Å². The molecule has 128 valence electrons. The third-order valence-electron chi connectivity index (χ3n) is 3.36. The lowest BCUT2D eigenvalue weighted by molar-refractivity contribution is -0.138. The van der Waals surface area contributed by atoms with Crippen LogP contribution in [0.3, 0.4) is 0 Å². The summed E-state index contributed by atoms with van der Waals surface area (Å²) in [6.45, 7) is 10.2. The number of benzene rings is 1. The van der Waals surface area contributed by atoms with Crippen molar-refractivity contribution < 1.29 is 9.59 Å². The van der Waals surface area contributed by atoms with Crippen molar-refractivity contribution in [3.05, 3.63) is 29.8 Å². The Balaban J connectivity index is 2.70. The van der Waals surface area contributed by atoms with E-state index in [4.69, 9.17) is 0 Å². The van der Waals surface area contributed by atoms with Gasteiger partial charge in [-0.25, -0.2) is 0 Å². The first kappa shape index (κ1) is 20.1. The number of amides is 1. The van der Waals surface area contributed by atoms with Crippen molar-refractivity contribution >= 4 is 33.3 Å². The minimum absolute atomic E-state index is 0.0777. The largest absolute Gasteiger partial charge is 0.341 e. The van der Waals surface area contributed by atoms with Crippen molar-refractivity contribution in [2.45, 2.75) is 46.1 Å². The Morgan fingerprint density at radius 2 is 1.78 bits per heavy atom. The summed E-state index contributed by atoms with van der Waals surface area (Å²) >= 11 is 0. The van der Waals surface area contributed by atoms with Gasteiger partial charge in [0.1, 0.15) is 5.78 Å². The summed E-state index contributed by atoms with van der Waals surface area (Å²) in [5.74, 6) is 0.974. The maximum Gasteiger partial charge on any atom is 0.227 e. The fraction of sp³-hybridized carbons (Fsp3) is 0.556. The predicted octanol–water partition coefficient (Wildman–Crippen LogP) is 4.66. The molecule has 1 aromatic carbocycles. The number of ketones is 1. The summed E-state index contributed by atoms with van der Waals surface area (Å²) in [6, 6.07) is 8.06. The number of hydrogen-bond donors (Lipinski definition) is 0. The molecule has 0 saturated carbocycles. The van der Waals surface area contributed by atoms with E-state index < -0.39 is 0 Å². The molecule has 0 bridgehead atoms. The molecule has 0 N–H and O–H groups in total. The third kappa shape index (κ3) is 6.60. The summed E-state index contributed by atoms with van der Waals surface area (Å²) in [7, 11) is 5.01. The second kappa shape index (κ2) is 8.78. The Bertz CT molecular complexity index is 550. The Morgan fingerprint density at radius 1 is 1.17 bits per heavy atom. The Hall–Kier alpha value is -0.940. The van der Waals surface area contributed by atoms with Crippen molar-refractivity contribution in [3.63, 3.8) is 0 Å². The van der Waals surface area contributed by atoms with E-state index in [0.717, 1.165) is 10.5 Å². The van der Waals surface area contributed by atoms with Crippen molar-refractivity contribution in [3.8, 4) is 0 Å². The highest BCUT2D eigenvalue weighted by atomic mass is 33.1. The Kier molecular flexibility index (Phi) is 7.68. The molecular weight excluding hydrogens is 326 g/mol. The number of rotatable bonds is 7. The maximum absolute atomic E-state index is 12.3. The van der Waals surface area contributed by atoms with Crippen LogP contribution in [0.5, 0.6) is 0 Å². The number of carbonyl (C=O) groups excluding carboxylic acids is 2. The van der Waals surface area contributed by atoms with Crippen LogP contribution in [0, 0.1) is 11.3 Å². The summed E-state index contributed by atoms with van der Waals surface area (Å²) in [5.41, 5.74) is 0.733. The molecule has 23 heavy (non-hydrogen) atoms. The highest BCUT2D eigenvalue weighted by Crippen LogP contribution is 2.34. The molecule has 0 spiro atoms. The molecule has 1 rings (SSSR count). The average Bonchev–Trinajstić information content (AvgIpc) is 2.46. The molecule has 0 fully saturated rings. The molecule has 0 radical (unpaired) electrons. The van der Waals surface area contributed by atoms with Gasteiger partial charge in [-0.1, -0.05) is 74.4 Å². The van der Waals surface area contributed by atoms with Gasteiger partial charge in [0.05, 0.1) is 5.75 Å². The van der Waals surface area contributed by atoms with Gasteiger partial charge in [0.25, 0.3) is 0 Å². The highest BCUT2D eigenvalue weighted by Gasteiger charge is 2.25. The van der Waals surface area contributed by atoms with Gasteiger partial charge >= 0.3 is 0 Å². The molecule has 5 heteroatoms. The van der Waals surface area contributed by atoms with Gasteiger partial charge in [-0.3, -0.25) is 9.59 Å². The van der Waals surface area contributed by atoms with Gasteiger partial charge in [0, 0.05) is 29.8 Å². The topological polar surface area (TPSA) is 37.4 Å². The summed E-state index contributed by atoms with van der Waals surface area (Å²) in [5, 5.41) is 0. The van der Waals surface area contributed by atoms with E-state index in [-0.39, 0.29) is 23.0 Å². The molecule has 0 saturated heterocycles. The molecule has 0 aliphatic carbocycles. The predicted molar refractivity (Wildman–Crippen MR) is 101 cm³/mol. The van der Waals surface area contributed by atoms with Gasteiger partial charge in [0.15, 0.2) is 0 Å². The number of hydrogen-bond acceptors (Lipinski definition) is 4.